The standard InChI is InChI=1S/C34H30N4O6S/c1-5-36(6-2)33(40)29-20(3)35-34-37(31(29)30-25-13-8-7-10-21(25)14-16-27(30)43-4)32(39)28(45-34)19-24-15-17-26(44-24)22-11-9-12-23(18-22)38(41)42/h7-19,31H,5-6H2,1-4H3/b28-19+/t31-/m1/s1. The van der Waals surface area contributed by atoms with Crippen molar-refractivity contribution >= 4 is 39.8 Å². The van der Waals surface area contributed by atoms with Gasteiger partial charge in [0, 0.05) is 42.4 Å². The number of carbonyl (C=O) groups excluding carboxylic acids is 1. The first-order valence-corrected chi connectivity index (χ1v) is 15.3. The molecule has 10 nitrogen and oxygen atoms in total. The van der Waals surface area contributed by atoms with Crippen LogP contribution in [0, 0.1) is 10.1 Å². The zero-order valence-corrected chi connectivity index (χ0v) is 26.0. The normalized spacial score (nSPS) is 14.8. The van der Waals surface area contributed by atoms with Gasteiger partial charge in [-0.2, -0.15) is 0 Å². The van der Waals surface area contributed by atoms with Crippen molar-refractivity contribution in [3.05, 3.63) is 125 Å². The highest BCUT2D eigenvalue weighted by Gasteiger charge is 2.36. The van der Waals surface area contributed by atoms with Crippen molar-refractivity contribution in [1.82, 2.24) is 9.47 Å². The predicted octanol–water partition coefficient (Wildman–Crippen LogP) is 5.43. The molecule has 228 valence electrons. The lowest BCUT2D eigenvalue weighted by molar-refractivity contribution is -0.384. The highest BCUT2D eigenvalue weighted by molar-refractivity contribution is 7.07. The van der Waals surface area contributed by atoms with Crippen LogP contribution in [-0.2, 0) is 4.79 Å². The maximum absolute atomic E-state index is 14.3. The van der Waals surface area contributed by atoms with E-state index in [0.29, 0.717) is 62.1 Å². The number of furan rings is 1. The number of allylic oxidation sites excluding steroid dienone is 1. The van der Waals surface area contributed by atoms with Gasteiger partial charge in [-0.15, -0.1) is 0 Å². The van der Waals surface area contributed by atoms with Crippen molar-refractivity contribution in [2.45, 2.75) is 26.8 Å². The van der Waals surface area contributed by atoms with Crippen LogP contribution in [0.4, 0.5) is 5.69 Å². The van der Waals surface area contributed by atoms with E-state index in [4.69, 9.17) is 14.1 Å². The Hall–Kier alpha value is -5.29. The average Bonchev–Trinajstić information content (AvgIpc) is 3.64. The minimum absolute atomic E-state index is 0.0481. The number of thiazole rings is 1. The van der Waals surface area contributed by atoms with E-state index in [1.807, 2.05) is 50.2 Å². The van der Waals surface area contributed by atoms with E-state index < -0.39 is 11.0 Å². The average molecular weight is 623 g/mol. The van der Waals surface area contributed by atoms with Gasteiger partial charge in [0.05, 0.1) is 27.8 Å². The molecule has 2 aromatic heterocycles. The van der Waals surface area contributed by atoms with Crippen LogP contribution >= 0.6 is 11.3 Å². The van der Waals surface area contributed by atoms with Crippen molar-refractivity contribution in [3.63, 3.8) is 0 Å². The Morgan fingerprint density at radius 3 is 2.62 bits per heavy atom. The summed E-state index contributed by atoms with van der Waals surface area (Å²) in [5.74, 6) is 1.19. The van der Waals surface area contributed by atoms with Crippen molar-refractivity contribution in [1.29, 1.82) is 0 Å². The molecule has 1 atom stereocenters. The number of rotatable bonds is 8. The number of benzene rings is 3. The fourth-order valence-electron chi connectivity index (χ4n) is 5.77. The number of hydrogen-bond acceptors (Lipinski definition) is 8. The molecule has 1 aliphatic heterocycles. The molecule has 0 fully saturated rings. The zero-order valence-electron chi connectivity index (χ0n) is 25.1. The fraction of sp³-hybridized carbons (Fsp3) is 0.206. The minimum atomic E-state index is -0.797. The molecule has 0 spiro atoms. The molecule has 6 rings (SSSR count). The third-order valence-corrected chi connectivity index (χ3v) is 8.95. The number of ether oxygens (including phenoxy) is 1. The van der Waals surface area contributed by atoms with Crippen LogP contribution in [0.1, 0.15) is 38.1 Å². The molecule has 5 aromatic rings. The largest absolute Gasteiger partial charge is 0.496 e. The highest BCUT2D eigenvalue weighted by atomic mass is 32.1. The van der Waals surface area contributed by atoms with Gasteiger partial charge in [-0.25, -0.2) is 4.99 Å². The van der Waals surface area contributed by atoms with Crippen LogP contribution in [0.5, 0.6) is 5.75 Å². The first-order chi connectivity index (χ1) is 21.7. The van der Waals surface area contributed by atoms with E-state index in [9.17, 15) is 19.7 Å². The van der Waals surface area contributed by atoms with Crippen molar-refractivity contribution in [3.8, 4) is 17.1 Å². The number of likely N-dealkylation sites (N-methyl/N-ethyl adjacent to an activating group) is 1. The molecule has 0 N–H and O–H groups in total. The molecule has 3 heterocycles. The SMILES string of the molecule is CCN(CC)C(=O)C1=C(C)N=c2s/c(=C/c3ccc(-c4cccc([N+](=O)[O-])c4)o3)c(=O)n2[C@H]1c1c(OC)ccc2ccccc12. The summed E-state index contributed by atoms with van der Waals surface area (Å²) in [5, 5.41) is 13.1. The van der Waals surface area contributed by atoms with Crippen LogP contribution in [0.3, 0.4) is 0 Å². The van der Waals surface area contributed by atoms with Crippen molar-refractivity contribution < 1.29 is 18.9 Å². The molecular weight excluding hydrogens is 592 g/mol. The number of amides is 1. The Bertz CT molecular complexity index is 2190. The Morgan fingerprint density at radius 1 is 1.11 bits per heavy atom. The van der Waals surface area contributed by atoms with E-state index in [0.717, 1.165) is 10.8 Å². The van der Waals surface area contributed by atoms with Gasteiger partial charge in [0.25, 0.3) is 17.2 Å². The smallest absolute Gasteiger partial charge is 0.271 e. The highest BCUT2D eigenvalue weighted by Crippen LogP contribution is 2.40. The Kier molecular flexibility index (Phi) is 7.94. The van der Waals surface area contributed by atoms with Crippen LogP contribution < -0.4 is 19.6 Å². The lowest BCUT2D eigenvalue weighted by Gasteiger charge is -2.30. The maximum atomic E-state index is 14.3. The van der Waals surface area contributed by atoms with Gasteiger partial charge >= 0.3 is 0 Å². The van der Waals surface area contributed by atoms with Gasteiger partial charge in [-0.05, 0) is 49.7 Å². The quantitative estimate of drug-likeness (QED) is 0.168. The molecule has 1 amide bonds. The summed E-state index contributed by atoms with van der Waals surface area (Å²) in [7, 11) is 1.58. The predicted molar refractivity (Wildman–Crippen MR) is 173 cm³/mol. The summed E-state index contributed by atoms with van der Waals surface area (Å²) in [4.78, 5) is 46.1. The van der Waals surface area contributed by atoms with Gasteiger partial charge in [-0.1, -0.05) is 53.8 Å². The van der Waals surface area contributed by atoms with Gasteiger partial charge in [0.15, 0.2) is 4.80 Å². The molecule has 0 aliphatic carbocycles. The molecule has 0 radical (unpaired) electrons. The zero-order chi connectivity index (χ0) is 31.8. The fourth-order valence-corrected chi connectivity index (χ4v) is 6.80. The summed E-state index contributed by atoms with van der Waals surface area (Å²) in [5.41, 5.74) is 1.82. The molecule has 0 unspecified atom stereocenters. The lowest BCUT2D eigenvalue weighted by atomic mass is 9.90. The second-order valence-electron chi connectivity index (χ2n) is 10.5. The van der Waals surface area contributed by atoms with Crippen molar-refractivity contribution in [2.24, 2.45) is 4.99 Å². The third kappa shape index (κ3) is 5.25. The molecule has 0 saturated heterocycles. The third-order valence-electron chi connectivity index (χ3n) is 7.97. The van der Waals surface area contributed by atoms with E-state index in [2.05, 4.69) is 0 Å². The van der Waals surface area contributed by atoms with Crippen LogP contribution in [0.25, 0.3) is 28.2 Å². The summed E-state index contributed by atoms with van der Waals surface area (Å²) in [6.07, 6.45) is 1.63. The van der Waals surface area contributed by atoms with E-state index in [1.54, 1.807) is 53.8 Å². The van der Waals surface area contributed by atoms with Crippen LogP contribution in [0.15, 0.2) is 98.3 Å². The molecular formula is C34H30N4O6S. The van der Waals surface area contributed by atoms with Gasteiger partial charge < -0.3 is 14.1 Å². The Balaban J connectivity index is 1.56. The lowest BCUT2D eigenvalue weighted by Crippen LogP contribution is -2.43. The molecule has 0 saturated carbocycles. The number of non-ortho nitro benzene ring substituents is 1. The van der Waals surface area contributed by atoms with Gasteiger partial charge in [-0.3, -0.25) is 24.3 Å². The molecule has 45 heavy (non-hydrogen) atoms. The first kappa shape index (κ1) is 29.8. The molecule has 0 bridgehead atoms. The van der Waals surface area contributed by atoms with E-state index in [1.165, 1.54) is 23.5 Å². The Morgan fingerprint density at radius 2 is 1.89 bits per heavy atom. The summed E-state index contributed by atoms with van der Waals surface area (Å²) in [6.45, 7) is 6.65. The number of nitrogens with zero attached hydrogens (tertiary/aromatic N) is 4. The number of methoxy groups -OCH3 is 1. The van der Waals surface area contributed by atoms with E-state index in [-0.39, 0.29) is 17.2 Å². The summed E-state index contributed by atoms with van der Waals surface area (Å²) >= 11 is 1.20. The van der Waals surface area contributed by atoms with Gasteiger partial charge in [0.1, 0.15) is 23.3 Å². The second-order valence-corrected chi connectivity index (χ2v) is 11.5. The molecule has 11 heteroatoms. The summed E-state index contributed by atoms with van der Waals surface area (Å²) in [6, 6.07) is 20.4. The maximum Gasteiger partial charge on any atom is 0.271 e. The summed E-state index contributed by atoms with van der Waals surface area (Å²) < 4.78 is 13.8. The number of carbonyl (C=O) groups is 1. The monoisotopic (exact) mass is 622 g/mol. The van der Waals surface area contributed by atoms with Gasteiger partial charge in [0.2, 0.25) is 0 Å². The van der Waals surface area contributed by atoms with Crippen LogP contribution in [-0.4, -0.2) is 40.5 Å². The van der Waals surface area contributed by atoms with E-state index >= 15 is 0 Å². The number of aromatic nitrogens is 1. The number of nitro benzene ring substituents is 1. The van der Waals surface area contributed by atoms with Crippen LogP contribution in [0.2, 0.25) is 0 Å². The number of nitro groups is 1. The first-order valence-electron chi connectivity index (χ1n) is 14.5. The number of hydrogen-bond donors (Lipinski definition) is 0. The molecule has 1 aliphatic rings. The topological polar surface area (TPSA) is 120 Å². The second kappa shape index (κ2) is 12.0. The minimum Gasteiger partial charge on any atom is -0.496 e. The number of fused-ring (bicyclic) bond motifs is 2. The Labute approximate surface area is 262 Å². The molecule has 3 aromatic carbocycles. The van der Waals surface area contributed by atoms with Crippen molar-refractivity contribution in [2.75, 3.05) is 20.2 Å².